The highest BCUT2D eigenvalue weighted by Gasteiger charge is 2.35. The first-order chi connectivity index (χ1) is 9.66. The van der Waals surface area contributed by atoms with Crippen molar-refractivity contribution in [3.8, 4) is 0 Å². The van der Waals surface area contributed by atoms with Gasteiger partial charge in [0.15, 0.2) is 5.78 Å². The minimum absolute atomic E-state index is 0.0210. The quantitative estimate of drug-likeness (QED) is 0.904. The highest BCUT2D eigenvalue weighted by atomic mass is 16.1. The number of carbonyl (C=O) groups excluding carboxylic acids is 2. The average Bonchev–Trinajstić information content (AvgIpc) is 2.76. The molecule has 4 heteroatoms. The highest BCUT2D eigenvalue weighted by Crippen LogP contribution is 2.29. The standard InChI is InChI=1S/C16H20N2O2/c17-16(20)14-7-3-4-8-18(14)10-12-9-11-5-1-2-6-13(11)15(12)19/h1-2,5-6,12,14H,3-4,7-10H2,(H2,17,20). The zero-order valence-electron chi connectivity index (χ0n) is 11.5. The SMILES string of the molecule is NC(=O)C1CCCCN1CC1Cc2ccccc2C1=O. The first-order valence-electron chi connectivity index (χ1n) is 7.32. The van der Waals surface area contributed by atoms with E-state index in [1.807, 2.05) is 24.3 Å². The molecule has 1 aliphatic heterocycles. The van der Waals surface area contributed by atoms with Crippen molar-refractivity contribution in [2.75, 3.05) is 13.1 Å². The molecule has 106 valence electrons. The van der Waals surface area contributed by atoms with Crippen LogP contribution in [0.2, 0.25) is 0 Å². The summed E-state index contributed by atoms with van der Waals surface area (Å²) >= 11 is 0. The summed E-state index contributed by atoms with van der Waals surface area (Å²) in [6, 6.07) is 7.61. The molecule has 2 atom stereocenters. The van der Waals surface area contributed by atoms with Gasteiger partial charge >= 0.3 is 0 Å². The second kappa shape index (κ2) is 5.37. The van der Waals surface area contributed by atoms with Gasteiger partial charge in [-0.25, -0.2) is 0 Å². The number of piperidine rings is 1. The van der Waals surface area contributed by atoms with E-state index in [0.29, 0.717) is 6.54 Å². The minimum Gasteiger partial charge on any atom is -0.368 e. The van der Waals surface area contributed by atoms with Crippen LogP contribution in [-0.2, 0) is 11.2 Å². The molecular formula is C16H20N2O2. The minimum atomic E-state index is -0.257. The molecule has 1 aliphatic carbocycles. The van der Waals surface area contributed by atoms with E-state index in [9.17, 15) is 9.59 Å². The Balaban J connectivity index is 1.73. The molecule has 1 aromatic carbocycles. The number of likely N-dealkylation sites (tertiary alicyclic amines) is 1. The van der Waals surface area contributed by atoms with Crippen LogP contribution in [0.3, 0.4) is 0 Å². The van der Waals surface area contributed by atoms with Crippen molar-refractivity contribution in [2.24, 2.45) is 11.7 Å². The molecule has 3 rings (SSSR count). The van der Waals surface area contributed by atoms with E-state index in [-0.39, 0.29) is 23.7 Å². The third-order valence-electron chi connectivity index (χ3n) is 4.52. The van der Waals surface area contributed by atoms with Crippen molar-refractivity contribution >= 4 is 11.7 Å². The average molecular weight is 272 g/mol. The van der Waals surface area contributed by atoms with Crippen molar-refractivity contribution in [1.82, 2.24) is 4.90 Å². The third-order valence-corrected chi connectivity index (χ3v) is 4.52. The van der Waals surface area contributed by atoms with Crippen molar-refractivity contribution in [3.63, 3.8) is 0 Å². The number of benzene rings is 1. The number of hydrogen-bond donors (Lipinski definition) is 1. The molecule has 0 bridgehead atoms. The monoisotopic (exact) mass is 272 g/mol. The molecule has 4 nitrogen and oxygen atoms in total. The Kier molecular flexibility index (Phi) is 3.57. The van der Waals surface area contributed by atoms with Crippen LogP contribution < -0.4 is 5.73 Å². The van der Waals surface area contributed by atoms with Crippen molar-refractivity contribution < 1.29 is 9.59 Å². The maximum absolute atomic E-state index is 12.4. The van der Waals surface area contributed by atoms with Crippen LogP contribution in [-0.4, -0.2) is 35.7 Å². The molecule has 2 aliphatic rings. The second-order valence-electron chi connectivity index (χ2n) is 5.83. The van der Waals surface area contributed by atoms with E-state index in [2.05, 4.69) is 4.90 Å². The van der Waals surface area contributed by atoms with E-state index in [1.165, 1.54) is 0 Å². The lowest BCUT2D eigenvalue weighted by molar-refractivity contribution is -0.124. The van der Waals surface area contributed by atoms with Gasteiger partial charge in [-0.2, -0.15) is 0 Å². The highest BCUT2D eigenvalue weighted by molar-refractivity contribution is 6.02. The first kappa shape index (κ1) is 13.3. The van der Waals surface area contributed by atoms with Crippen molar-refractivity contribution in [1.29, 1.82) is 0 Å². The molecule has 1 aromatic rings. The summed E-state index contributed by atoms with van der Waals surface area (Å²) in [6.45, 7) is 1.52. The lowest BCUT2D eigenvalue weighted by Crippen LogP contribution is -2.49. The van der Waals surface area contributed by atoms with Gasteiger partial charge in [0.25, 0.3) is 0 Å². The summed E-state index contributed by atoms with van der Waals surface area (Å²) in [7, 11) is 0. The molecule has 0 aromatic heterocycles. The van der Waals surface area contributed by atoms with Gasteiger partial charge in [-0.15, -0.1) is 0 Å². The maximum Gasteiger partial charge on any atom is 0.234 e. The number of amides is 1. The molecular weight excluding hydrogens is 252 g/mol. The van der Waals surface area contributed by atoms with E-state index in [0.717, 1.165) is 43.4 Å². The van der Waals surface area contributed by atoms with Crippen LogP contribution in [0, 0.1) is 5.92 Å². The van der Waals surface area contributed by atoms with Crippen molar-refractivity contribution in [3.05, 3.63) is 35.4 Å². The van der Waals surface area contributed by atoms with Gasteiger partial charge in [-0.1, -0.05) is 30.7 Å². The molecule has 2 unspecified atom stereocenters. The Morgan fingerprint density at radius 2 is 2.10 bits per heavy atom. The molecule has 1 amide bonds. The first-order valence-corrected chi connectivity index (χ1v) is 7.32. The number of nitrogens with zero attached hydrogens (tertiary/aromatic N) is 1. The predicted octanol–water partition coefficient (Wildman–Crippen LogP) is 1.38. The number of fused-ring (bicyclic) bond motifs is 1. The summed E-state index contributed by atoms with van der Waals surface area (Å²) in [5.74, 6) is -0.0607. The van der Waals surface area contributed by atoms with E-state index in [4.69, 9.17) is 5.73 Å². The molecule has 0 spiro atoms. The Morgan fingerprint density at radius 3 is 2.85 bits per heavy atom. The summed E-state index contributed by atoms with van der Waals surface area (Å²) < 4.78 is 0. The number of primary amides is 1. The Bertz CT molecular complexity index is 541. The molecule has 0 saturated carbocycles. The molecule has 1 fully saturated rings. The fourth-order valence-electron chi connectivity index (χ4n) is 3.48. The molecule has 20 heavy (non-hydrogen) atoms. The van der Waals surface area contributed by atoms with E-state index in [1.54, 1.807) is 0 Å². The molecule has 1 heterocycles. The number of ketones is 1. The van der Waals surface area contributed by atoms with Crippen molar-refractivity contribution in [2.45, 2.75) is 31.7 Å². The van der Waals surface area contributed by atoms with Gasteiger partial charge in [-0.05, 0) is 31.4 Å². The van der Waals surface area contributed by atoms with Gasteiger partial charge in [0.2, 0.25) is 5.91 Å². The smallest absolute Gasteiger partial charge is 0.234 e. The van der Waals surface area contributed by atoms with Gasteiger partial charge in [0.1, 0.15) is 0 Å². The lowest BCUT2D eigenvalue weighted by atomic mass is 9.97. The second-order valence-corrected chi connectivity index (χ2v) is 5.83. The molecule has 2 N–H and O–H groups in total. The maximum atomic E-state index is 12.4. The zero-order chi connectivity index (χ0) is 14.1. The number of Topliss-reactive ketones (excluding diaryl/α,β-unsaturated/α-hetero) is 1. The number of carbonyl (C=O) groups is 2. The molecule has 0 radical (unpaired) electrons. The summed E-state index contributed by atoms with van der Waals surface area (Å²) in [5, 5.41) is 0. The largest absolute Gasteiger partial charge is 0.368 e. The number of rotatable bonds is 3. The van der Waals surface area contributed by atoms with E-state index < -0.39 is 0 Å². The van der Waals surface area contributed by atoms with E-state index >= 15 is 0 Å². The molecule has 1 saturated heterocycles. The third kappa shape index (κ3) is 2.36. The summed E-state index contributed by atoms with van der Waals surface area (Å²) in [4.78, 5) is 26.0. The Morgan fingerprint density at radius 1 is 1.30 bits per heavy atom. The number of hydrogen-bond acceptors (Lipinski definition) is 3. The van der Waals surface area contributed by atoms with Crippen LogP contribution in [0.4, 0.5) is 0 Å². The Hall–Kier alpha value is -1.68. The van der Waals surface area contributed by atoms with Crippen LogP contribution in [0.5, 0.6) is 0 Å². The van der Waals surface area contributed by atoms with Crippen LogP contribution >= 0.6 is 0 Å². The summed E-state index contributed by atoms with van der Waals surface area (Å²) in [5.41, 5.74) is 7.47. The predicted molar refractivity (Wildman–Crippen MR) is 76.4 cm³/mol. The topological polar surface area (TPSA) is 63.4 Å². The summed E-state index contributed by atoms with van der Waals surface area (Å²) in [6.07, 6.45) is 3.74. The zero-order valence-corrected chi connectivity index (χ0v) is 11.5. The Labute approximate surface area is 118 Å². The van der Waals surface area contributed by atoms with Gasteiger partial charge in [-0.3, -0.25) is 14.5 Å². The fourth-order valence-corrected chi connectivity index (χ4v) is 3.48. The number of nitrogens with two attached hydrogens (primary N) is 1. The van der Waals surface area contributed by atoms with Crippen LogP contribution in [0.25, 0.3) is 0 Å². The van der Waals surface area contributed by atoms with Gasteiger partial charge in [0.05, 0.1) is 6.04 Å². The van der Waals surface area contributed by atoms with Gasteiger partial charge in [0, 0.05) is 18.0 Å². The fraction of sp³-hybridized carbons (Fsp3) is 0.500. The normalized spacial score (nSPS) is 26.5. The van der Waals surface area contributed by atoms with Crippen LogP contribution in [0.1, 0.15) is 35.2 Å². The van der Waals surface area contributed by atoms with Crippen LogP contribution in [0.15, 0.2) is 24.3 Å². The lowest BCUT2D eigenvalue weighted by Gasteiger charge is -2.34. The van der Waals surface area contributed by atoms with Gasteiger partial charge < -0.3 is 5.73 Å².